The van der Waals surface area contributed by atoms with Crippen LogP contribution in [0.1, 0.15) is 5.56 Å². The Kier molecular flexibility index (Phi) is 4.62. The first kappa shape index (κ1) is 14.2. The second-order valence-electron chi connectivity index (χ2n) is 4.48. The van der Waals surface area contributed by atoms with E-state index in [4.69, 9.17) is 0 Å². The fraction of sp³-hybridized carbons (Fsp3) is 0.125. The molecule has 0 aliphatic carbocycles. The predicted molar refractivity (Wildman–Crippen MR) is 90.4 cm³/mol. The number of aromatic nitrogens is 3. The average Bonchev–Trinajstić information content (AvgIpc) is 3.03. The maximum absolute atomic E-state index is 4.44. The topological polar surface area (TPSA) is 30.7 Å². The quantitative estimate of drug-likeness (QED) is 0.655. The average molecular weight is 313 g/mol. The Hall–Kier alpha value is -1.72. The molecule has 2 aromatic heterocycles. The molecule has 3 rings (SSSR count). The predicted octanol–water partition coefficient (Wildman–Crippen LogP) is 4.36. The van der Waals surface area contributed by atoms with Crippen molar-refractivity contribution >= 4 is 23.7 Å². The van der Waals surface area contributed by atoms with Crippen molar-refractivity contribution in [3.63, 3.8) is 0 Å². The number of hydrogen-bond donors (Lipinski definition) is 0. The molecule has 0 unspecified atom stereocenters. The van der Waals surface area contributed by atoms with Gasteiger partial charge in [0.2, 0.25) is 0 Å². The zero-order valence-electron chi connectivity index (χ0n) is 11.6. The molecule has 3 aromatic rings. The minimum atomic E-state index is 0.931. The first-order valence-corrected chi connectivity index (χ1v) is 8.72. The first-order valence-electron chi connectivity index (χ1n) is 6.56. The van der Waals surface area contributed by atoms with Gasteiger partial charge in [-0.3, -0.25) is 8.96 Å². The van der Waals surface area contributed by atoms with Gasteiger partial charge < -0.3 is 0 Å². The van der Waals surface area contributed by atoms with Crippen LogP contribution in [0.2, 0.25) is 0 Å². The number of benzene rings is 1. The molecule has 0 aliphatic rings. The minimum Gasteiger partial charge on any atom is -0.279 e. The highest BCUT2D eigenvalue weighted by Gasteiger charge is 2.03. The molecule has 0 amide bonds. The number of imidazole rings is 1. The summed E-state index contributed by atoms with van der Waals surface area (Å²) < 4.78 is 2.06. The van der Waals surface area contributed by atoms with Gasteiger partial charge in [0.05, 0.1) is 5.69 Å². The normalized spacial score (nSPS) is 10.7. The van der Waals surface area contributed by atoms with Crippen LogP contribution in [0.15, 0.2) is 66.2 Å². The van der Waals surface area contributed by atoms with Gasteiger partial charge in [-0.2, -0.15) is 0 Å². The van der Waals surface area contributed by atoms with Gasteiger partial charge in [-0.1, -0.05) is 12.1 Å². The summed E-state index contributed by atoms with van der Waals surface area (Å²) >= 11 is 3.51. The van der Waals surface area contributed by atoms with Crippen molar-refractivity contribution in [3.8, 4) is 11.3 Å². The van der Waals surface area contributed by atoms with Gasteiger partial charge in [-0.25, -0.2) is 4.98 Å². The number of rotatable bonds is 5. The SMILES string of the molecule is CSc1cccc(CSn2cnc(-c3ccncc3)c2)c1. The largest absolute Gasteiger partial charge is 0.279 e. The summed E-state index contributed by atoms with van der Waals surface area (Å²) in [6.07, 6.45) is 9.59. The van der Waals surface area contributed by atoms with Crippen molar-refractivity contribution in [1.82, 2.24) is 13.9 Å². The van der Waals surface area contributed by atoms with Crippen molar-refractivity contribution < 1.29 is 0 Å². The van der Waals surface area contributed by atoms with Gasteiger partial charge in [0.15, 0.2) is 0 Å². The molecule has 0 bridgehead atoms. The summed E-state index contributed by atoms with van der Waals surface area (Å²) in [5.41, 5.74) is 3.39. The lowest BCUT2D eigenvalue weighted by molar-refractivity contribution is 1.21. The maximum atomic E-state index is 4.44. The summed E-state index contributed by atoms with van der Waals surface area (Å²) in [7, 11) is 0. The summed E-state index contributed by atoms with van der Waals surface area (Å²) in [5.74, 6) is 0.931. The molecule has 0 atom stereocenters. The van der Waals surface area contributed by atoms with Crippen LogP contribution in [0.4, 0.5) is 0 Å². The Morgan fingerprint density at radius 3 is 2.81 bits per heavy atom. The van der Waals surface area contributed by atoms with Gasteiger partial charge in [-0.05, 0) is 48.0 Å². The van der Waals surface area contributed by atoms with E-state index < -0.39 is 0 Å². The molecule has 5 heteroatoms. The fourth-order valence-corrected chi connectivity index (χ4v) is 3.21. The van der Waals surface area contributed by atoms with E-state index in [-0.39, 0.29) is 0 Å². The molecule has 2 heterocycles. The molecule has 3 nitrogen and oxygen atoms in total. The Bertz CT molecular complexity index is 710. The lowest BCUT2D eigenvalue weighted by Gasteiger charge is -2.03. The van der Waals surface area contributed by atoms with Crippen molar-refractivity contribution in [2.24, 2.45) is 0 Å². The molecule has 106 valence electrons. The molecular formula is C16H15N3S2. The van der Waals surface area contributed by atoms with Gasteiger partial charge in [0.25, 0.3) is 0 Å². The van der Waals surface area contributed by atoms with Gasteiger partial charge >= 0.3 is 0 Å². The van der Waals surface area contributed by atoms with Crippen molar-refractivity contribution in [3.05, 3.63) is 66.9 Å². The van der Waals surface area contributed by atoms with E-state index in [1.54, 1.807) is 36.1 Å². The van der Waals surface area contributed by atoms with Crippen molar-refractivity contribution in [1.29, 1.82) is 0 Å². The lowest BCUT2D eigenvalue weighted by Crippen LogP contribution is -1.86. The van der Waals surface area contributed by atoms with Crippen LogP contribution in [0.3, 0.4) is 0 Å². The van der Waals surface area contributed by atoms with E-state index in [1.165, 1.54) is 10.5 Å². The molecule has 21 heavy (non-hydrogen) atoms. The van der Waals surface area contributed by atoms with Gasteiger partial charge in [0, 0.05) is 34.8 Å². The Balaban J connectivity index is 1.67. The second-order valence-corrected chi connectivity index (χ2v) is 6.33. The maximum Gasteiger partial charge on any atom is 0.105 e. The van der Waals surface area contributed by atoms with Crippen molar-refractivity contribution in [2.45, 2.75) is 10.6 Å². The third-order valence-corrected chi connectivity index (χ3v) is 4.74. The van der Waals surface area contributed by atoms with E-state index >= 15 is 0 Å². The molecule has 0 aliphatic heterocycles. The highest BCUT2D eigenvalue weighted by Crippen LogP contribution is 2.22. The molecule has 0 radical (unpaired) electrons. The first-order chi connectivity index (χ1) is 10.3. The zero-order chi connectivity index (χ0) is 14.5. The van der Waals surface area contributed by atoms with Crippen LogP contribution in [0.5, 0.6) is 0 Å². The van der Waals surface area contributed by atoms with E-state index in [9.17, 15) is 0 Å². The minimum absolute atomic E-state index is 0.931. The highest BCUT2D eigenvalue weighted by atomic mass is 32.2. The van der Waals surface area contributed by atoms with Crippen LogP contribution in [-0.4, -0.2) is 20.2 Å². The molecule has 0 spiro atoms. The lowest BCUT2D eigenvalue weighted by atomic mass is 10.2. The van der Waals surface area contributed by atoms with E-state index in [1.807, 2.05) is 18.5 Å². The Morgan fingerprint density at radius 2 is 2.00 bits per heavy atom. The summed E-state index contributed by atoms with van der Waals surface area (Å²) in [6, 6.07) is 12.6. The van der Waals surface area contributed by atoms with Gasteiger partial charge in [-0.15, -0.1) is 11.8 Å². The van der Waals surface area contributed by atoms with Crippen LogP contribution in [0, 0.1) is 0 Å². The monoisotopic (exact) mass is 313 g/mol. The number of hydrogen-bond acceptors (Lipinski definition) is 4. The Labute approximate surface area is 133 Å². The van der Waals surface area contributed by atoms with Crippen LogP contribution in [0.25, 0.3) is 11.3 Å². The number of pyridine rings is 1. The van der Waals surface area contributed by atoms with Crippen LogP contribution >= 0.6 is 23.7 Å². The second kappa shape index (κ2) is 6.83. The van der Waals surface area contributed by atoms with E-state index in [2.05, 4.69) is 50.7 Å². The number of nitrogens with zero attached hydrogens (tertiary/aromatic N) is 3. The molecular weight excluding hydrogens is 298 g/mol. The van der Waals surface area contributed by atoms with Crippen molar-refractivity contribution in [2.75, 3.05) is 6.26 Å². The zero-order valence-corrected chi connectivity index (χ0v) is 13.3. The third kappa shape index (κ3) is 3.68. The summed E-state index contributed by atoms with van der Waals surface area (Å²) in [4.78, 5) is 9.77. The molecule has 1 aromatic carbocycles. The smallest absolute Gasteiger partial charge is 0.105 e. The third-order valence-electron chi connectivity index (χ3n) is 3.05. The molecule has 0 fully saturated rings. The van der Waals surface area contributed by atoms with E-state index in [0.29, 0.717) is 0 Å². The highest BCUT2D eigenvalue weighted by molar-refractivity contribution is 7.98. The Morgan fingerprint density at radius 1 is 1.14 bits per heavy atom. The van der Waals surface area contributed by atoms with Crippen LogP contribution < -0.4 is 0 Å². The number of thioether (sulfide) groups is 1. The summed E-state index contributed by atoms with van der Waals surface area (Å²) in [6.45, 7) is 0. The molecule has 0 N–H and O–H groups in total. The summed E-state index contributed by atoms with van der Waals surface area (Å²) in [5, 5.41) is 0. The van der Waals surface area contributed by atoms with Crippen LogP contribution in [-0.2, 0) is 5.75 Å². The van der Waals surface area contributed by atoms with Gasteiger partial charge in [0.1, 0.15) is 6.33 Å². The fourth-order valence-electron chi connectivity index (χ4n) is 1.96. The standard InChI is InChI=1S/C16H15N3S2/c1-20-15-4-2-3-13(9-15)11-21-19-10-16(18-12-19)14-5-7-17-8-6-14/h2-10,12H,11H2,1H3. The molecule has 0 saturated heterocycles. The van der Waals surface area contributed by atoms with E-state index in [0.717, 1.165) is 17.0 Å². The molecule has 0 saturated carbocycles.